The van der Waals surface area contributed by atoms with Gasteiger partial charge < -0.3 is 10.6 Å². The summed E-state index contributed by atoms with van der Waals surface area (Å²) in [6.07, 6.45) is 0. The Kier molecular flexibility index (Phi) is 4.71. The molecule has 0 aliphatic carbocycles. The summed E-state index contributed by atoms with van der Waals surface area (Å²) in [5.41, 5.74) is 0.955. The van der Waals surface area contributed by atoms with Gasteiger partial charge >= 0.3 is 0 Å². The number of nitrogens with one attached hydrogen (secondary N) is 2. The first-order chi connectivity index (χ1) is 7.47. The average Bonchev–Trinajstić information content (AvgIpc) is 2.22. The summed E-state index contributed by atoms with van der Waals surface area (Å²) in [4.78, 5) is 0. The number of benzene rings is 1. The lowest BCUT2D eigenvalue weighted by atomic mass is 9.84. The first-order valence-electron chi connectivity index (χ1n) is 5.28. The third-order valence-corrected chi connectivity index (χ3v) is 2.86. The summed E-state index contributed by atoms with van der Waals surface area (Å²) in [6.45, 7) is 5.74. The molecule has 0 heterocycles. The third-order valence-electron chi connectivity index (χ3n) is 2.57. The van der Waals surface area contributed by atoms with E-state index in [2.05, 4.69) is 24.5 Å². The van der Waals surface area contributed by atoms with Gasteiger partial charge in [0.15, 0.2) is 0 Å². The molecule has 1 rings (SSSR count). The van der Waals surface area contributed by atoms with E-state index in [1.807, 2.05) is 7.05 Å². The second kappa shape index (κ2) is 5.62. The van der Waals surface area contributed by atoms with Crippen LogP contribution in [0.5, 0.6) is 0 Å². The van der Waals surface area contributed by atoms with Gasteiger partial charge in [-0.15, -0.1) is 0 Å². The van der Waals surface area contributed by atoms with Crippen LogP contribution in [0.2, 0.25) is 5.02 Å². The topological polar surface area (TPSA) is 24.1 Å². The highest BCUT2D eigenvalue weighted by molar-refractivity contribution is 6.30. The number of hydrogen-bond acceptors (Lipinski definition) is 2. The van der Waals surface area contributed by atoms with Crippen molar-refractivity contribution in [1.82, 2.24) is 10.6 Å². The summed E-state index contributed by atoms with van der Waals surface area (Å²) in [5.74, 6) is -0.371. The van der Waals surface area contributed by atoms with Crippen LogP contribution >= 0.6 is 11.6 Å². The first-order valence-corrected chi connectivity index (χ1v) is 5.66. The van der Waals surface area contributed by atoms with Gasteiger partial charge in [-0.3, -0.25) is 0 Å². The lowest BCUT2D eigenvalue weighted by molar-refractivity contribution is 0.460. The maximum Gasteiger partial charge on any atom is 0.141 e. The van der Waals surface area contributed by atoms with Crippen molar-refractivity contribution in [2.24, 2.45) is 0 Å². The van der Waals surface area contributed by atoms with Gasteiger partial charge in [0.25, 0.3) is 0 Å². The second-order valence-electron chi connectivity index (χ2n) is 4.47. The molecule has 0 unspecified atom stereocenters. The lowest BCUT2D eigenvalue weighted by Gasteiger charge is -2.26. The van der Waals surface area contributed by atoms with Gasteiger partial charge in [-0.05, 0) is 24.7 Å². The molecule has 0 atom stereocenters. The Balaban J connectivity index is 2.76. The molecular formula is C12H18ClFN2. The molecule has 2 nitrogen and oxygen atoms in total. The largest absolute Gasteiger partial charge is 0.308 e. The zero-order valence-corrected chi connectivity index (χ0v) is 10.7. The fourth-order valence-corrected chi connectivity index (χ4v) is 1.70. The molecule has 16 heavy (non-hydrogen) atoms. The van der Waals surface area contributed by atoms with Crippen molar-refractivity contribution in [1.29, 1.82) is 0 Å². The Labute approximate surface area is 101 Å². The molecule has 90 valence electrons. The predicted molar refractivity (Wildman–Crippen MR) is 66.4 cm³/mol. The van der Waals surface area contributed by atoms with Crippen LogP contribution in [-0.2, 0) is 5.41 Å². The van der Waals surface area contributed by atoms with E-state index in [0.29, 0.717) is 0 Å². The van der Waals surface area contributed by atoms with E-state index in [9.17, 15) is 4.39 Å². The van der Waals surface area contributed by atoms with Crippen molar-refractivity contribution in [2.45, 2.75) is 19.3 Å². The molecule has 0 saturated carbocycles. The molecule has 0 spiro atoms. The molecule has 0 aliphatic rings. The van der Waals surface area contributed by atoms with E-state index in [1.165, 1.54) is 6.07 Å². The maximum atomic E-state index is 13.0. The molecule has 1 aromatic carbocycles. The highest BCUT2D eigenvalue weighted by Gasteiger charge is 2.20. The van der Waals surface area contributed by atoms with Gasteiger partial charge in [-0.1, -0.05) is 31.5 Å². The molecule has 0 saturated heterocycles. The second-order valence-corrected chi connectivity index (χ2v) is 4.88. The van der Waals surface area contributed by atoms with E-state index < -0.39 is 0 Å². The SMILES string of the molecule is CNCNCC(C)(C)c1ccc(F)c(Cl)c1. The van der Waals surface area contributed by atoms with Gasteiger partial charge in [-0.2, -0.15) is 0 Å². The molecule has 1 aromatic rings. The van der Waals surface area contributed by atoms with Crippen LogP contribution in [0, 0.1) is 5.82 Å². The fraction of sp³-hybridized carbons (Fsp3) is 0.500. The Morgan fingerprint density at radius 2 is 2.06 bits per heavy atom. The minimum absolute atomic E-state index is 0.0752. The van der Waals surface area contributed by atoms with E-state index in [0.717, 1.165) is 18.8 Å². The van der Waals surface area contributed by atoms with Crippen molar-refractivity contribution in [3.05, 3.63) is 34.6 Å². The summed E-state index contributed by atoms with van der Waals surface area (Å²) in [5, 5.41) is 6.45. The van der Waals surface area contributed by atoms with Crippen molar-refractivity contribution in [3.63, 3.8) is 0 Å². The van der Waals surface area contributed by atoms with Crippen molar-refractivity contribution in [3.8, 4) is 0 Å². The van der Waals surface area contributed by atoms with E-state index >= 15 is 0 Å². The van der Waals surface area contributed by atoms with Crippen LogP contribution in [-0.4, -0.2) is 20.3 Å². The van der Waals surface area contributed by atoms with Crippen LogP contribution in [0.25, 0.3) is 0 Å². The molecule has 0 fully saturated rings. The molecule has 0 radical (unpaired) electrons. The molecule has 0 bridgehead atoms. The summed E-state index contributed by atoms with van der Waals surface area (Å²) < 4.78 is 13.0. The van der Waals surface area contributed by atoms with Crippen LogP contribution in [0.15, 0.2) is 18.2 Å². The Hall–Kier alpha value is -0.640. The van der Waals surface area contributed by atoms with E-state index in [1.54, 1.807) is 12.1 Å². The predicted octanol–water partition coefficient (Wildman–Crippen LogP) is 2.52. The minimum atomic E-state index is -0.371. The van der Waals surface area contributed by atoms with E-state index in [4.69, 9.17) is 11.6 Å². The molecule has 0 aliphatic heterocycles. The Morgan fingerprint density at radius 3 is 2.62 bits per heavy atom. The quantitative estimate of drug-likeness (QED) is 0.615. The van der Waals surface area contributed by atoms with Crippen LogP contribution in [0.4, 0.5) is 4.39 Å². The highest BCUT2D eigenvalue weighted by atomic mass is 35.5. The summed E-state index contributed by atoms with van der Waals surface area (Å²) in [6, 6.07) is 4.89. The van der Waals surface area contributed by atoms with Gasteiger partial charge in [0, 0.05) is 18.6 Å². The van der Waals surface area contributed by atoms with E-state index in [-0.39, 0.29) is 16.3 Å². The summed E-state index contributed by atoms with van der Waals surface area (Å²) in [7, 11) is 1.88. The lowest BCUT2D eigenvalue weighted by Crippen LogP contribution is -2.37. The van der Waals surface area contributed by atoms with Gasteiger partial charge in [0.05, 0.1) is 5.02 Å². The smallest absolute Gasteiger partial charge is 0.141 e. The van der Waals surface area contributed by atoms with Crippen molar-refractivity contribution < 1.29 is 4.39 Å². The van der Waals surface area contributed by atoms with Crippen molar-refractivity contribution in [2.75, 3.05) is 20.3 Å². The Morgan fingerprint density at radius 1 is 1.38 bits per heavy atom. The van der Waals surface area contributed by atoms with Gasteiger partial charge in [0.2, 0.25) is 0 Å². The number of rotatable bonds is 5. The fourth-order valence-electron chi connectivity index (χ4n) is 1.52. The third kappa shape index (κ3) is 3.44. The van der Waals surface area contributed by atoms with Gasteiger partial charge in [-0.25, -0.2) is 4.39 Å². The van der Waals surface area contributed by atoms with Gasteiger partial charge in [0.1, 0.15) is 5.82 Å². The normalized spacial score (nSPS) is 11.8. The first kappa shape index (κ1) is 13.4. The zero-order chi connectivity index (χ0) is 12.2. The summed E-state index contributed by atoms with van der Waals surface area (Å²) >= 11 is 5.77. The van der Waals surface area contributed by atoms with Crippen LogP contribution < -0.4 is 10.6 Å². The number of hydrogen-bond donors (Lipinski definition) is 2. The molecule has 2 N–H and O–H groups in total. The molecule has 0 amide bonds. The maximum absolute atomic E-state index is 13.0. The Bertz CT molecular complexity index is 353. The van der Waals surface area contributed by atoms with Crippen molar-refractivity contribution >= 4 is 11.6 Å². The molecule has 4 heteroatoms. The standard InChI is InChI=1S/C12H18ClFN2/c1-12(2,7-16-8-15-3)9-4-5-11(14)10(13)6-9/h4-6,15-16H,7-8H2,1-3H3. The highest BCUT2D eigenvalue weighted by Crippen LogP contribution is 2.26. The minimum Gasteiger partial charge on any atom is -0.308 e. The monoisotopic (exact) mass is 244 g/mol. The molecular weight excluding hydrogens is 227 g/mol. The van der Waals surface area contributed by atoms with Crippen LogP contribution in [0.1, 0.15) is 19.4 Å². The average molecular weight is 245 g/mol. The number of halogens is 2. The van der Waals surface area contributed by atoms with Crippen LogP contribution in [0.3, 0.4) is 0 Å². The molecule has 0 aromatic heterocycles. The zero-order valence-electron chi connectivity index (χ0n) is 9.90.